The molecule has 1 aliphatic rings. The van der Waals surface area contributed by atoms with Crippen molar-refractivity contribution in [3.8, 4) is 5.75 Å². The molecule has 0 spiro atoms. The van der Waals surface area contributed by atoms with Crippen molar-refractivity contribution in [2.75, 3.05) is 26.2 Å². The second-order valence-corrected chi connectivity index (χ2v) is 6.06. The summed E-state index contributed by atoms with van der Waals surface area (Å²) in [5.41, 5.74) is 0. The average molecular weight is 330 g/mol. The molecular formula is C19H26N2O3. The zero-order valence-corrected chi connectivity index (χ0v) is 14.1. The average Bonchev–Trinajstić information content (AvgIpc) is 2.64. The Morgan fingerprint density at radius 1 is 1.25 bits per heavy atom. The molecule has 2 rings (SSSR count). The normalized spacial score (nSPS) is 14.9. The Hall–Kier alpha value is -2.30. The molecule has 1 aromatic carbocycles. The highest BCUT2D eigenvalue weighted by atomic mass is 16.5. The maximum atomic E-state index is 12.2. The molecule has 0 aromatic heterocycles. The number of rotatable bonds is 8. The van der Waals surface area contributed by atoms with Gasteiger partial charge < -0.3 is 15.0 Å². The lowest BCUT2D eigenvalue weighted by atomic mass is 9.96. The van der Waals surface area contributed by atoms with Crippen LogP contribution < -0.4 is 10.1 Å². The largest absolute Gasteiger partial charge is 0.484 e. The molecular weight excluding hydrogens is 304 g/mol. The number of para-hydroxylation sites is 1. The summed E-state index contributed by atoms with van der Waals surface area (Å²) >= 11 is 0. The van der Waals surface area contributed by atoms with E-state index in [9.17, 15) is 9.59 Å². The number of amides is 2. The smallest absolute Gasteiger partial charge is 0.260 e. The predicted molar refractivity (Wildman–Crippen MR) is 93.7 cm³/mol. The van der Waals surface area contributed by atoms with Gasteiger partial charge in [-0.3, -0.25) is 9.59 Å². The van der Waals surface area contributed by atoms with Gasteiger partial charge in [-0.25, -0.2) is 0 Å². The molecule has 1 saturated heterocycles. The van der Waals surface area contributed by atoms with Gasteiger partial charge in [-0.1, -0.05) is 24.3 Å². The summed E-state index contributed by atoms with van der Waals surface area (Å²) < 4.78 is 5.51. The molecule has 0 saturated carbocycles. The molecule has 1 N–H and O–H groups in total. The van der Waals surface area contributed by atoms with Crippen LogP contribution in [0.2, 0.25) is 0 Å². The number of nitrogens with zero attached hydrogens (tertiary/aromatic N) is 1. The fourth-order valence-corrected chi connectivity index (χ4v) is 2.72. The van der Waals surface area contributed by atoms with E-state index >= 15 is 0 Å². The summed E-state index contributed by atoms with van der Waals surface area (Å²) in [6.45, 7) is 5.84. The third-order valence-electron chi connectivity index (χ3n) is 4.24. The number of carbonyl (C=O) groups is 2. The molecule has 24 heavy (non-hydrogen) atoms. The van der Waals surface area contributed by atoms with E-state index in [1.54, 1.807) is 6.08 Å². The lowest BCUT2D eigenvalue weighted by Gasteiger charge is -2.32. The van der Waals surface area contributed by atoms with Gasteiger partial charge in [0.05, 0.1) is 0 Å². The van der Waals surface area contributed by atoms with E-state index in [0.717, 1.165) is 25.9 Å². The van der Waals surface area contributed by atoms with Gasteiger partial charge in [-0.15, -0.1) is 6.58 Å². The highest BCUT2D eigenvalue weighted by Crippen LogP contribution is 2.17. The number of carbonyl (C=O) groups excluding carboxylic acids is 2. The second kappa shape index (κ2) is 9.75. The zero-order chi connectivity index (χ0) is 17.2. The maximum absolute atomic E-state index is 12.2. The highest BCUT2D eigenvalue weighted by Gasteiger charge is 2.23. The van der Waals surface area contributed by atoms with Gasteiger partial charge in [-0.2, -0.15) is 0 Å². The Bertz CT molecular complexity index is 537. The minimum Gasteiger partial charge on any atom is -0.484 e. The molecule has 0 aliphatic carbocycles. The van der Waals surface area contributed by atoms with Crippen molar-refractivity contribution < 1.29 is 14.3 Å². The number of likely N-dealkylation sites (tertiary alicyclic amines) is 1. The number of benzene rings is 1. The summed E-state index contributed by atoms with van der Waals surface area (Å²) in [4.78, 5) is 25.6. The van der Waals surface area contributed by atoms with Gasteiger partial charge in [-0.05, 0) is 37.3 Å². The van der Waals surface area contributed by atoms with Gasteiger partial charge in [0.15, 0.2) is 6.61 Å². The summed E-state index contributed by atoms with van der Waals surface area (Å²) in [6.07, 6.45) is 4.79. The maximum Gasteiger partial charge on any atom is 0.260 e. The van der Waals surface area contributed by atoms with Gasteiger partial charge in [0.2, 0.25) is 5.91 Å². The van der Waals surface area contributed by atoms with Crippen LogP contribution in [0, 0.1) is 5.92 Å². The Morgan fingerprint density at radius 2 is 1.96 bits per heavy atom. The first kappa shape index (κ1) is 18.0. The van der Waals surface area contributed by atoms with Crippen LogP contribution in [-0.4, -0.2) is 43.0 Å². The molecule has 0 radical (unpaired) electrons. The summed E-state index contributed by atoms with van der Waals surface area (Å²) in [5, 5.41) is 2.96. The molecule has 130 valence electrons. The number of hydrogen-bond donors (Lipinski definition) is 1. The van der Waals surface area contributed by atoms with E-state index in [1.807, 2.05) is 35.2 Å². The quantitative estimate of drug-likeness (QED) is 0.745. The van der Waals surface area contributed by atoms with Crippen molar-refractivity contribution in [3.63, 3.8) is 0 Å². The fourth-order valence-electron chi connectivity index (χ4n) is 2.72. The molecule has 5 heteroatoms. The molecule has 5 nitrogen and oxygen atoms in total. The SMILES string of the molecule is C=CCCC(=O)NCC1CCN(C(=O)COc2ccccc2)CC1. The Balaban J connectivity index is 1.64. The molecule has 2 amide bonds. The number of hydrogen-bond acceptors (Lipinski definition) is 3. The van der Waals surface area contributed by atoms with Crippen LogP contribution in [0.1, 0.15) is 25.7 Å². The first-order valence-corrected chi connectivity index (χ1v) is 8.52. The van der Waals surface area contributed by atoms with Crippen molar-refractivity contribution in [2.45, 2.75) is 25.7 Å². The van der Waals surface area contributed by atoms with Crippen molar-refractivity contribution in [1.82, 2.24) is 10.2 Å². The highest BCUT2D eigenvalue weighted by molar-refractivity contribution is 5.78. The van der Waals surface area contributed by atoms with Crippen LogP contribution in [-0.2, 0) is 9.59 Å². The van der Waals surface area contributed by atoms with E-state index in [1.165, 1.54) is 0 Å². The Kier molecular flexibility index (Phi) is 7.33. The van der Waals surface area contributed by atoms with Crippen LogP contribution in [0.25, 0.3) is 0 Å². The minimum absolute atomic E-state index is 0.0207. The monoisotopic (exact) mass is 330 g/mol. The number of ether oxygens (including phenoxy) is 1. The molecule has 1 aliphatic heterocycles. The third-order valence-corrected chi connectivity index (χ3v) is 4.24. The van der Waals surface area contributed by atoms with E-state index < -0.39 is 0 Å². The standard InChI is InChI=1S/C19H26N2O3/c1-2-3-9-18(22)20-14-16-10-12-21(13-11-16)19(23)15-24-17-7-5-4-6-8-17/h2,4-8,16H,1,3,9-15H2,(H,20,22). The van der Waals surface area contributed by atoms with Gasteiger partial charge >= 0.3 is 0 Å². The summed E-state index contributed by atoms with van der Waals surface area (Å²) in [5.74, 6) is 1.25. The number of allylic oxidation sites excluding steroid dienone is 1. The van der Waals surface area contributed by atoms with E-state index in [-0.39, 0.29) is 18.4 Å². The molecule has 0 unspecified atom stereocenters. The predicted octanol–water partition coefficient (Wildman–Crippen LogP) is 2.39. The first-order chi connectivity index (χ1) is 11.7. The molecule has 1 heterocycles. The fraction of sp³-hybridized carbons (Fsp3) is 0.474. The second-order valence-electron chi connectivity index (χ2n) is 6.06. The van der Waals surface area contributed by atoms with Crippen LogP contribution >= 0.6 is 0 Å². The Labute approximate surface area is 143 Å². The van der Waals surface area contributed by atoms with Crippen molar-refractivity contribution in [3.05, 3.63) is 43.0 Å². The molecule has 1 fully saturated rings. The van der Waals surface area contributed by atoms with Crippen molar-refractivity contribution >= 4 is 11.8 Å². The topological polar surface area (TPSA) is 58.6 Å². The zero-order valence-electron chi connectivity index (χ0n) is 14.1. The van der Waals surface area contributed by atoms with E-state index in [4.69, 9.17) is 4.74 Å². The number of piperidine rings is 1. The van der Waals surface area contributed by atoms with Crippen LogP contribution in [0.5, 0.6) is 5.75 Å². The van der Waals surface area contributed by atoms with Crippen LogP contribution in [0.3, 0.4) is 0 Å². The van der Waals surface area contributed by atoms with Gasteiger partial charge in [0.1, 0.15) is 5.75 Å². The summed E-state index contributed by atoms with van der Waals surface area (Å²) in [6, 6.07) is 9.36. The van der Waals surface area contributed by atoms with Crippen molar-refractivity contribution in [1.29, 1.82) is 0 Å². The van der Waals surface area contributed by atoms with Crippen LogP contribution in [0.4, 0.5) is 0 Å². The Morgan fingerprint density at radius 3 is 2.62 bits per heavy atom. The minimum atomic E-state index is 0.0207. The van der Waals surface area contributed by atoms with Crippen molar-refractivity contribution in [2.24, 2.45) is 5.92 Å². The lowest BCUT2D eigenvalue weighted by molar-refractivity contribution is -0.135. The van der Waals surface area contributed by atoms with Crippen LogP contribution in [0.15, 0.2) is 43.0 Å². The molecule has 1 aromatic rings. The van der Waals surface area contributed by atoms with E-state index in [0.29, 0.717) is 31.1 Å². The molecule has 0 atom stereocenters. The third kappa shape index (κ3) is 6.07. The first-order valence-electron chi connectivity index (χ1n) is 8.52. The van der Waals surface area contributed by atoms with E-state index in [2.05, 4.69) is 11.9 Å². The lowest BCUT2D eigenvalue weighted by Crippen LogP contribution is -2.43. The van der Waals surface area contributed by atoms with Gasteiger partial charge in [0.25, 0.3) is 5.91 Å². The number of nitrogens with one attached hydrogen (secondary N) is 1. The summed E-state index contributed by atoms with van der Waals surface area (Å²) in [7, 11) is 0. The molecule has 0 bridgehead atoms. The van der Waals surface area contributed by atoms with Gasteiger partial charge in [0, 0.05) is 26.1 Å².